The van der Waals surface area contributed by atoms with E-state index in [2.05, 4.69) is 25.9 Å². The van der Waals surface area contributed by atoms with E-state index in [0.29, 0.717) is 5.71 Å². The van der Waals surface area contributed by atoms with Crippen LogP contribution < -0.4 is 4.90 Å². The van der Waals surface area contributed by atoms with Crippen LogP contribution >= 0.6 is 11.3 Å². The summed E-state index contributed by atoms with van der Waals surface area (Å²) in [5.74, 6) is 0.936. The van der Waals surface area contributed by atoms with E-state index in [4.69, 9.17) is 9.40 Å². The van der Waals surface area contributed by atoms with Crippen LogP contribution in [-0.4, -0.2) is 26.5 Å². The molecule has 1 aliphatic rings. The zero-order chi connectivity index (χ0) is 17.7. The fourth-order valence-corrected chi connectivity index (χ4v) is 4.23. The average Bonchev–Trinajstić information content (AvgIpc) is 3.27. The minimum absolute atomic E-state index is 0.644. The van der Waals surface area contributed by atoms with Crippen LogP contribution in [0.3, 0.4) is 0 Å². The Morgan fingerprint density at radius 1 is 1.12 bits per heavy atom. The summed E-state index contributed by atoms with van der Waals surface area (Å²) in [6.07, 6.45) is 8.11. The molecule has 0 spiro atoms. The molecular formula is C19H17N5OS. The first-order valence-corrected chi connectivity index (χ1v) is 9.35. The second-order valence-corrected chi connectivity index (χ2v) is 7.78. The lowest BCUT2D eigenvalue weighted by Gasteiger charge is -2.29. The first-order valence-electron chi connectivity index (χ1n) is 8.53. The summed E-state index contributed by atoms with van der Waals surface area (Å²) in [4.78, 5) is 21.3. The van der Waals surface area contributed by atoms with Gasteiger partial charge in [-0.1, -0.05) is 0 Å². The number of rotatable bonds is 2. The van der Waals surface area contributed by atoms with Crippen molar-refractivity contribution in [1.29, 1.82) is 0 Å². The van der Waals surface area contributed by atoms with Gasteiger partial charge in [0, 0.05) is 48.7 Å². The van der Waals surface area contributed by atoms with Crippen LogP contribution in [0, 0.1) is 13.8 Å². The lowest BCUT2D eigenvalue weighted by Crippen LogP contribution is -2.31. The molecule has 6 nitrogen and oxygen atoms in total. The van der Waals surface area contributed by atoms with E-state index in [0.717, 1.165) is 51.7 Å². The molecule has 0 unspecified atom stereocenters. The van der Waals surface area contributed by atoms with Gasteiger partial charge in [0.05, 0.1) is 21.5 Å². The van der Waals surface area contributed by atoms with Crippen LogP contribution in [0.15, 0.2) is 35.5 Å². The molecular weight excluding hydrogens is 346 g/mol. The standard InChI is InChI=1S/C19H17N5OS/c1-11-9-25-19-17(11)18(22-10-23-19)24-4-3-15-14(8-24)5-13(6-21-15)16-7-20-12(2)26-16/h5-7,9-10H,3-4,8H2,1-2H3. The molecule has 0 radical (unpaired) electrons. The average molecular weight is 363 g/mol. The van der Waals surface area contributed by atoms with Gasteiger partial charge in [0.1, 0.15) is 12.1 Å². The van der Waals surface area contributed by atoms with Gasteiger partial charge in [-0.3, -0.25) is 4.98 Å². The Bertz CT molecular complexity index is 1120. The maximum Gasteiger partial charge on any atom is 0.231 e. The van der Waals surface area contributed by atoms with Crippen LogP contribution in [0.25, 0.3) is 21.5 Å². The van der Waals surface area contributed by atoms with E-state index in [-0.39, 0.29) is 0 Å². The Balaban J connectivity index is 1.53. The Morgan fingerprint density at radius 2 is 2.04 bits per heavy atom. The van der Waals surface area contributed by atoms with E-state index in [1.165, 1.54) is 11.3 Å². The van der Waals surface area contributed by atoms with Crippen LogP contribution in [-0.2, 0) is 13.0 Å². The third-order valence-corrected chi connectivity index (χ3v) is 5.74. The minimum Gasteiger partial charge on any atom is -0.446 e. The highest BCUT2D eigenvalue weighted by Crippen LogP contribution is 2.32. The second-order valence-electron chi connectivity index (χ2n) is 6.54. The number of furan rings is 1. The largest absolute Gasteiger partial charge is 0.446 e. The second kappa shape index (κ2) is 5.88. The molecule has 1 aliphatic heterocycles. The smallest absolute Gasteiger partial charge is 0.231 e. The normalized spacial score (nSPS) is 14.0. The van der Waals surface area contributed by atoms with E-state index in [1.807, 2.05) is 26.2 Å². The van der Waals surface area contributed by atoms with Crippen LogP contribution in [0.5, 0.6) is 0 Å². The molecule has 0 aliphatic carbocycles. The third kappa shape index (κ3) is 2.47. The predicted molar refractivity (Wildman–Crippen MR) is 101 cm³/mol. The Kier molecular flexibility index (Phi) is 3.49. The number of aryl methyl sites for hydroxylation is 2. The van der Waals surface area contributed by atoms with Crippen molar-refractivity contribution in [3.8, 4) is 10.4 Å². The van der Waals surface area contributed by atoms with Crippen molar-refractivity contribution in [2.24, 2.45) is 0 Å². The molecule has 26 heavy (non-hydrogen) atoms. The number of nitrogens with zero attached hydrogens (tertiary/aromatic N) is 5. The number of anilines is 1. The van der Waals surface area contributed by atoms with Gasteiger partial charge < -0.3 is 9.32 Å². The molecule has 0 saturated carbocycles. The van der Waals surface area contributed by atoms with Gasteiger partial charge in [-0.2, -0.15) is 0 Å². The fourth-order valence-electron chi connectivity index (χ4n) is 3.47. The first-order chi connectivity index (χ1) is 12.7. The number of pyridine rings is 1. The van der Waals surface area contributed by atoms with Crippen molar-refractivity contribution in [2.75, 3.05) is 11.4 Å². The molecule has 0 fully saturated rings. The Hall–Kier alpha value is -2.80. The van der Waals surface area contributed by atoms with Crippen LogP contribution in [0.4, 0.5) is 5.82 Å². The maximum absolute atomic E-state index is 5.53. The molecule has 0 bridgehead atoms. The van der Waals surface area contributed by atoms with Crippen LogP contribution in [0.2, 0.25) is 0 Å². The molecule has 5 rings (SSSR count). The zero-order valence-electron chi connectivity index (χ0n) is 14.6. The summed E-state index contributed by atoms with van der Waals surface area (Å²) in [6.45, 7) is 5.72. The molecule has 5 heterocycles. The number of fused-ring (bicyclic) bond motifs is 2. The van der Waals surface area contributed by atoms with Crippen molar-refractivity contribution in [3.63, 3.8) is 0 Å². The quantitative estimate of drug-likeness (QED) is 0.538. The van der Waals surface area contributed by atoms with Crippen molar-refractivity contribution in [3.05, 3.63) is 52.9 Å². The lowest BCUT2D eigenvalue weighted by molar-refractivity contribution is 0.599. The van der Waals surface area contributed by atoms with E-state index < -0.39 is 0 Å². The van der Waals surface area contributed by atoms with Gasteiger partial charge in [-0.25, -0.2) is 15.0 Å². The molecule has 4 aromatic heterocycles. The summed E-state index contributed by atoms with van der Waals surface area (Å²) < 4.78 is 5.53. The molecule has 130 valence electrons. The van der Waals surface area contributed by atoms with Crippen LogP contribution in [0.1, 0.15) is 21.8 Å². The van der Waals surface area contributed by atoms with Gasteiger partial charge in [0.15, 0.2) is 0 Å². The third-order valence-electron chi connectivity index (χ3n) is 4.78. The van der Waals surface area contributed by atoms with E-state index in [1.54, 1.807) is 23.9 Å². The summed E-state index contributed by atoms with van der Waals surface area (Å²) >= 11 is 1.70. The summed E-state index contributed by atoms with van der Waals surface area (Å²) in [6, 6.07) is 2.24. The number of aromatic nitrogens is 4. The van der Waals surface area contributed by atoms with Crippen molar-refractivity contribution in [1.82, 2.24) is 19.9 Å². The fraction of sp³-hybridized carbons (Fsp3) is 0.263. The summed E-state index contributed by atoms with van der Waals surface area (Å²) in [5.41, 5.74) is 5.25. The SMILES string of the molecule is Cc1ncc(-c2cnc3c(c2)CN(c2ncnc4occ(C)c24)CC3)s1. The lowest BCUT2D eigenvalue weighted by atomic mass is 10.0. The molecule has 0 N–H and O–H groups in total. The van der Waals surface area contributed by atoms with E-state index in [9.17, 15) is 0 Å². The van der Waals surface area contributed by atoms with Gasteiger partial charge in [0.25, 0.3) is 0 Å². The Morgan fingerprint density at radius 3 is 2.88 bits per heavy atom. The number of hydrogen-bond acceptors (Lipinski definition) is 7. The molecule has 0 amide bonds. The summed E-state index contributed by atoms with van der Waals surface area (Å²) in [7, 11) is 0. The maximum atomic E-state index is 5.53. The summed E-state index contributed by atoms with van der Waals surface area (Å²) in [5, 5.41) is 2.07. The number of hydrogen-bond donors (Lipinski definition) is 0. The predicted octanol–water partition coefficient (Wildman–Crippen LogP) is 3.92. The molecule has 0 atom stereocenters. The van der Waals surface area contributed by atoms with Crippen molar-refractivity contribution < 1.29 is 4.42 Å². The van der Waals surface area contributed by atoms with Gasteiger partial charge in [-0.05, 0) is 25.5 Å². The number of thiazole rings is 1. The van der Waals surface area contributed by atoms with Crippen molar-refractivity contribution in [2.45, 2.75) is 26.8 Å². The topological polar surface area (TPSA) is 67.9 Å². The van der Waals surface area contributed by atoms with Gasteiger partial charge >= 0.3 is 0 Å². The highest BCUT2D eigenvalue weighted by Gasteiger charge is 2.22. The first kappa shape index (κ1) is 15.5. The van der Waals surface area contributed by atoms with E-state index >= 15 is 0 Å². The molecule has 0 aromatic carbocycles. The minimum atomic E-state index is 0.644. The van der Waals surface area contributed by atoms with Gasteiger partial charge in [-0.15, -0.1) is 11.3 Å². The van der Waals surface area contributed by atoms with Crippen molar-refractivity contribution >= 4 is 28.3 Å². The molecule has 4 aromatic rings. The Labute approximate surface area is 154 Å². The highest BCUT2D eigenvalue weighted by molar-refractivity contribution is 7.15. The molecule has 7 heteroatoms. The van der Waals surface area contributed by atoms with Gasteiger partial charge in [0.2, 0.25) is 5.71 Å². The zero-order valence-corrected chi connectivity index (χ0v) is 15.4. The highest BCUT2D eigenvalue weighted by atomic mass is 32.1. The molecule has 0 saturated heterocycles. The monoisotopic (exact) mass is 363 g/mol.